The quantitative estimate of drug-likeness (QED) is 0.628. The van der Waals surface area contributed by atoms with Gasteiger partial charge >= 0.3 is 6.03 Å². The van der Waals surface area contributed by atoms with Gasteiger partial charge in [0.15, 0.2) is 0 Å². The Kier molecular flexibility index (Phi) is 8.51. The van der Waals surface area contributed by atoms with Gasteiger partial charge < -0.3 is 34.9 Å². The van der Waals surface area contributed by atoms with Crippen molar-refractivity contribution in [2.24, 2.45) is 0 Å². The highest BCUT2D eigenvalue weighted by molar-refractivity contribution is 5.91. The summed E-state index contributed by atoms with van der Waals surface area (Å²) in [4.78, 5) is 26.9. The molecule has 31 heavy (non-hydrogen) atoms. The fraction of sp³-hybridized carbons (Fsp3) is 0.636. The van der Waals surface area contributed by atoms with Gasteiger partial charge in [-0.1, -0.05) is 19.1 Å². The van der Waals surface area contributed by atoms with Gasteiger partial charge in [0.1, 0.15) is 11.9 Å². The van der Waals surface area contributed by atoms with Gasteiger partial charge in [0, 0.05) is 6.54 Å². The Bertz CT molecular complexity index is 746. The van der Waals surface area contributed by atoms with Crippen molar-refractivity contribution in [3.8, 4) is 5.75 Å². The van der Waals surface area contributed by atoms with Gasteiger partial charge in [-0.3, -0.25) is 4.79 Å². The number of methoxy groups -OCH3 is 1. The number of urea groups is 1. The van der Waals surface area contributed by atoms with Gasteiger partial charge in [0.2, 0.25) is 5.91 Å². The average molecular weight is 436 g/mol. The molecule has 3 rings (SSSR count). The molecule has 2 fully saturated rings. The number of aliphatic hydroxyl groups is 1. The third kappa shape index (κ3) is 6.32. The average Bonchev–Trinajstić information content (AvgIpc) is 2.75. The van der Waals surface area contributed by atoms with Crippen LogP contribution >= 0.6 is 0 Å². The van der Waals surface area contributed by atoms with Crippen LogP contribution in [0.1, 0.15) is 32.6 Å². The van der Waals surface area contributed by atoms with Gasteiger partial charge in [0.25, 0.3) is 0 Å². The van der Waals surface area contributed by atoms with Crippen LogP contribution in [0, 0.1) is 0 Å². The maximum absolute atomic E-state index is 13.2. The number of hydrogen-bond donors (Lipinski definition) is 3. The van der Waals surface area contributed by atoms with E-state index in [2.05, 4.69) is 10.6 Å². The molecule has 2 aliphatic heterocycles. The van der Waals surface area contributed by atoms with Gasteiger partial charge in [-0.05, 0) is 31.4 Å². The topological polar surface area (TPSA) is 109 Å². The summed E-state index contributed by atoms with van der Waals surface area (Å²) in [6.45, 7) is 3.16. The van der Waals surface area contributed by atoms with Crippen LogP contribution in [0.4, 0.5) is 10.5 Å². The van der Waals surface area contributed by atoms with Crippen molar-refractivity contribution in [1.29, 1.82) is 0 Å². The minimum Gasteiger partial charge on any atom is -0.495 e. The molecule has 0 saturated carbocycles. The molecule has 4 atom stereocenters. The Hall–Kier alpha value is -2.36. The van der Waals surface area contributed by atoms with Crippen LogP contribution in [0.25, 0.3) is 0 Å². The molecule has 0 spiro atoms. The van der Waals surface area contributed by atoms with Crippen molar-refractivity contribution >= 4 is 17.6 Å². The van der Waals surface area contributed by atoms with Crippen LogP contribution in [0.15, 0.2) is 24.3 Å². The number of ether oxygens (including phenoxy) is 3. The van der Waals surface area contributed by atoms with Crippen LogP contribution in [0.5, 0.6) is 5.75 Å². The lowest BCUT2D eigenvalue weighted by atomic mass is 9.95. The second-order valence-electron chi connectivity index (χ2n) is 7.97. The van der Waals surface area contributed by atoms with Gasteiger partial charge in [0.05, 0.1) is 57.2 Å². The molecule has 0 aliphatic carbocycles. The lowest BCUT2D eigenvalue weighted by molar-refractivity contribution is -0.149. The molecule has 0 aromatic heterocycles. The molecule has 2 saturated heterocycles. The number of aliphatic hydroxyl groups excluding tert-OH is 1. The number of nitrogens with zero attached hydrogens (tertiary/aromatic N) is 1. The van der Waals surface area contributed by atoms with Crippen molar-refractivity contribution in [2.45, 2.75) is 57.0 Å². The summed E-state index contributed by atoms with van der Waals surface area (Å²) < 4.78 is 17.1. The molecule has 2 heterocycles. The molecule has 3 amide bonds. The largest absolute Gasteiger partial charge is 0.495 e. The second kappa shape index (κ2) is 11.3. The van der Waals surface area contributed by atoms with E-state index in [1.54, 1.807) is 24.1 Å². The normalized spacial score (nSPS) is 26.2. The van der Waals surface area contributed by atoms with Crippen LogP contribution < -0.4 is 15.4 Å². The number of benzene rings is 1. The van der Waals surface area contributed by atoms with Crippen LogP contribution in [-0.2, 0) is 14.3 Å². The van der Waals surface area contributed by atoms with Crippen molar-refractivity contribution < 1.29 is 28.9 Å². The SMILES string of the molecule is CCCNC(=O)C[C@@H]1CC[C@H]2[C@@H](COC[C@@H](O)CN2C(=O)Nc2ccccc2OC)O1. The molecule has 0 radical (unpaired) electrons. The van der Waals surface area contributed by atoms with Crippen molar-refractivity contribution in [3.05, 3.63) is 24.3 Å². The lowest BCUT2D eigenvalue weighted by Gasteiger charge is -2.44. The number of para-hydroxylation sites is 2. The number of fused-ring (bicyclic) bond motifs is 1. The predicted octanol–water partition coefficient (Wildman–Crippen LogP) is 1.75. The van der Waals surface area contributed by atoms with Crippen molar-refractivity contribution in [1.82, 2.24) is 10.2 Å². The first kappa shape index (κ1) is 23.3. The molecule has 2 aliphatic rings. The van der Waals surface area contributed by atoms with E-state index in [9.17, 15) is 14.7 Å². The first-order valence-electron chi connectivity index (χ1n) is 10.9. The highest BCUT2D eigenvalue weighted by atomic mass is 16.5. The molecule has 1 aromatic carbocycles. The summed E-state index contributed by atoms with van der Waals surface area (Å²) in [5.74, 6) is 0.527. The summed E-state index contributed by atoms with van der Waals surface area (Å²) in [5.41, 5.74) is 0.557. The number of hydrogen-bond acceptors (Lipinski definition) is 6. The molecule has 0 bridgehead atoms. The number of carbonyl (C=O) groups is 2. The number of rotatable bonds is 6. The molecule has 0 unspecified atom stereocenters. The predicted molar refractivity (Wildman–Crippen MR) is 115 cm³/mol. The lowest BCUT2D eigenvalue weighted by Crippen LogP contribution is -2.58. The van der Waals surface area contributed by atoms with E-state index >= 15 is 0 Å². The number of amides is 3. The van der Waals surface area contributed by atoms with E-state index in [1.807, 2.05) is 19.1 Å². The van der Waals surface area contributed by atoms with E-state index in [4.69, 9.17) is 14.2 Å². The number of anilines is 1. The molecule has 9 heteroatoms. The van der Waals surface area contributed by atoms with E-state index in [0.717, 1.165) is 6.42 Å². The Morgan fingerprint density at radius 1 is 1.26 bits per heavy atom. The Morgan fingerprint density at radius 3 is 2.84 bits per heavy atom. The number of carbonyl (C=O) groups excluding carboxylic acids is 2. The Morgan fingerprint density at radius 2 is 2.06 bits per heavy atom. The molecule has 9 nitrogen and oxygen atoms in total. The summed E-state index contributed by atoms with van der Waals surface area (Å²) in [7, 11) is 1.55. The minimum atomic E-state index is -0.790. The van der Waals surface area contributed by atoms with Crippen molar-refractivity contribution in [3.63, 3.8) is 0 Å². The highest BCUT2D eigenvalue weighted by Gasteiger charge is 2.40. The zero-order chi connectivity index (χ0) is 22.2. The third-order valence-corrected chi connectivity index (χ3v) is 5.58. The maximum atomic E-state index is 13.2. The minimum absolute atomic E-state index is 0.0294. The maximum Gasteiger partial charge on any atom is 0.322 e. The molecular formula is C22H33N3O6. The fourth-order valence-corrected chi connectivity index (χ4v) is 4.05. The summed E-state index contributed by atoms with van der Waals surface area (Å²) >= 11 is 0. The zero-order valence-corrected chi connectivity index (χ0v) is 18.2. The van der Waals surface area contributed by atoms with Crippen LogP contribution in [-0.4, -0.2) is 79.7 Å². The van der Waals surface area contributed by atoms with E-state index in [-0.39, 0.29) is 49.9 Å². The summed E-state index contributed by atoms with van der Waals surface area (Å²) in [6.07, 6.45) is 1.11. The summed E-state index contributed by atoms with van der Waals surface area (Å²) in [6, 6.07) is 6.58. The number of nitrogens with one attached hydrogen (secondary N) is 2. The van der Waals surface area contributed by atoms with Crippen LogP contribution in [0.3, 0.4) is 0 Å². The fourth-order valence-electron chi connectivity index (χ4n) is 4.05. The monoisotopic (exact) mass is 435 g/mol. The zero-order valence-electron chi connectivity index (χ0n) is 18.2. The van der Waals surface area contributed by atoms with Gasteiger partial charge in [-0.2, -0.15) is 0 Å². The first-order valence-corrected chi connectivity index (χ1v) is 10.9. The number of β-amino-alcohol motifs (C(OH)–C–C–N with tert-alkyl or cyclic N) is 1. The van der Waals surface area contributed by atoms with Crippen molar-refractivity contribution in [2.75, 3.05) is 38.7 Å². The van der Waals surface area contributed by atoms with Crippen LogP contribution in [0.2, 0.25) is 0 Å². The molecule has 3 N–H and O–H groups in total. The van der Waals surface area contributed by atoms with E-state index in [0.29, 0.717) is 37.2 Å². The second-order valence-corrected chi connectivity index (χ2v) is 7.97. The first-order chi connectivity index (χ1) is 15.0. The summed E-state index contributed by atoms with van der Waals surface area (Å²) in [5, 5.41) is 16.0. The molecule has 172 valence electrons. The molecular weight excluding hydrogens is 402 g/mol. The standard InChI is InChI=1S/C22H33N3O6/c1-3-10-23-21(27)11-16-8-9-18-20(31-16)14-30-13-15(26)12-25(18)22(28)24-17-6-4-5-7-19(17)29-2/h4-7,15-16,18,20,26H,3,8-14H2,1-2H3,(H,23,27)(H,24,28)/t15-,16-,18-,20+/m0/s1. The molecule has 1 aromatic rings. The third-order valence-electron chi connectivity index (χ3n) is 5.58. The highest BCUT2D eigenvalue weighted by Crippen LogP contribution is 2.29. The Balaban J connectivity index is 1.69. The van der Waals surface area contributed by atoms with E-state index in [1.165, 1.54) is 0 Å². The smallest absolute Gasteiger partial charge is 0.322 e. The Labute approximate surface area is 183 Å². The van der Waals surface area contributed by atoms with Gasteiger partial charge in [-0.15, -0.1) is 0 Å². The van der Waals surface area contributed by atoms with Gasteiger partial charge in [-0.25, -0.2) is 4.79 Å². The van der Waals surface area contributed by atoms with E-state index < -0.39 is 6.10 Å².